The van der Waals surface area contributed by atoms with E-state index in [1.165, 1.54) is 0 Å². The fourth-order valence-corrected chi connectivity index (χ4v) is 4.19. The summed E-state index contributed by atoms with van der Waals surface area (Å²) in [6.45, 7) is 1.04. The Balaban J connectivity index is 1.78. The van der Waals surface area contributed by atoms with Crippen LogP contribution in [0, 0.1) is 0 Å². The van der Waals surface area contributed by atoms with Crippen molar-refractivity contribution in [2.24, 2.45) is 0 Å². The van der Waals surface area contributed by atoms with Gasteiger partial charge in [-0.3, -0.25) is 0 Å². The van der Waals surface area contributed by atoms with Crippen LogP contribution in [-0.4, -0.2) is 0 Å². The highest BCUT2D eigenvalue weighted by Gasteiger charge is 2.11. The average Bonchev–Trinajstić information content (AvgIpc) is 2.61. The Hall–Kier alpha value is -1.20. The molecule has 3 aromatic rings. The lowest BCUT2D eigenvalue weighted by atomic mass is 10.2. The third kappa shape index (κ3) is 5.17. The van der Waals surface area contributed by atoms with Gasteiger partial charge in [-0.15, -0.1) is 0 Å². The summed E-state index contributed by atoms with van der Waals surface area (Å²) in [5, 5.41) is 4.76. The molecule has 0 spiro atoms. The van der Waals surface area contributed by atoms with Crippen LogP contribution < -0.4 is 10.1 Å². The van der Waals surface area contributed by atoms with Gasteiger partial charge in [0.05, 0.1) is 15.2 Å². The summed E-state index contributed by atoms with van der Waals surface area (Å²) in [7, 11) is 0. The molecule has 0 aliphatic rings. The molecule has 0 aromatic heterocycles. The maximum atomic E-state index is 6.22. The van der Waals surface area contributed by atoms with Gasteiger partial charge in [-0.05, 0) is 57.9 Å². The zero-order valence-electron chi connectivity index (χ0n) is 13.6. The van der Waals surface area contributed by atoms with Crippen molar-refractivity contribution in [1.82, 2.24) is 0 Å². The molecule has 0 aliphatic heterocycles. The number of benzene rings is 3. The van der Waals surface area contributed by atoms with Gasteiger partial charge in [0.2, 0.25) is 0 Å². The Labute approximate surface area is 179 Å². The molecule has 0 amide bonds. The van der Waals surface area contributed by atoms with Gasteiger partial charge in [0.15, 0.2) is 0 Å². The summed E-state index contributed by atoms with van der Waals surface area (Å²) in [5.41, 5.74) is 2.95. The van der Waals surface area contributed by atoms with E-state index in [4.69, 9.17) is 27.9 Å². The van der Waals surface area contributed by atoms with Gasteiger partial charge in [-0.1, -0.05) is 63.4 Å². The number of hydrogen-bond donors (Lipinski definition) is 1. The summed E-state index contributed by atoms with van der Waals surface area (Å²) >= 11 is 19.3. The van der Waals surface area contributed by atoms with Gasteiger partial charge in [0.25, 0.3) is 0 Å². The molecule has 0 bridgehead atoms. The predicted molar refractivity (Wildman–Crippen MR) is 116 cm³/mol. The topological polar surface area (TPSA) is 21.3 Å². The van der Waals surface area contributed by atoms with Gasteiger partial charge in [0, 0.05) is 21.6 Å². The smallest absolute Gasteiger partial charge is 0.139 e. The molecule has 3 aromatic carbocycles. The van der Waals surface area contributed by atoms with Crippen LogP contribution in [0.2, 0.25) is 10.0 Å². The Kier molecular flexibility index (Phi) is 6.87. The minimum atomic E-state index is 0.455. The van der Waals surface area contributed by atoms with Crippen LogP contribution in [-0.2, 0) is 13.2 Å². The van der Waals surface area contributed by atoms with Crippen molar-refractivity contribution in [3.8, 4) is 5.75 Å². The Bertz CT molecular complexity index is 901. The van der Waals surface area contributed by atoms with Crippen LogP contribution in [0.1, 0.15) is 11.1 Å². The summed E-state index contributed by atoms with van der Waals surface area (Å²) in [6.07, 6.45) is 0. The molecule has 6 heteroatoms. The van der Waals surface area contributed by atoms with Crippen LogP contribution >= 0.6 is 55.1 Å². The number of para-hydroxylation sites is 1. The third-order valence-electron chi connectivity index (χ3n) is 3.72. The van der Waals surface area contributed by atoms with Crippen molar-refractivity contribution in [2.75, 3.05) is 5.32 Å². The molecule has 0 fully saturated rings. The first-order valence-corrected chi connectivity index (χ1v) is 10.2. The lowest BCUT2D eigenvalue weighted by Crippen LogP contribution is -2.05. The molecular formula is C20H15Br2Cl2NO. The van der Waals surface area contributed by atoms with E-state index in [0.29, 0.717) is 23.2 Å². The van der Waals surface area contributed by atoms with E-state index >= 15 is 0 Å². The van der Waals surface area contributed by atoms with Crippen LogP contribution in [0.15, 0.2) is 69.6 Å². The minimum absolute atomic E-state index is 0.455. The highest BCUT2D eigenvalue weighted by Crippen LogP contribution is 2.34. The number of halogens is 4. The Morgan fingerprint density at radius 1 is 0.923 bits per heavy atom. The molecule has 0 unspecified atom stereocenters. The third-order valence-corrected chi connectivity index (χ3v) is 5.35. The quantitative estimate of drug-likeness (QED) is 0.363. The number of nitrogens with one attached hydrogen (secondary N) is 1. The van der Waals surface area contributed by atoms with E-state index in [1.54, 1.807) is 0 Å². The van der Waals surface area contributed by atoms with Crippen molar-refractivity contribution >= 4 is 60.7 Å². The molecule has 0 heterocycles. The average molecular weight is 516 g/mol. The van der Waals surface area contributed by atoms with Crippen molar-refractivity contribution < 1.29 is 4.74 Å². The van der Waals surface area contributed by atoms with Gasteiger partial charge in [0.1, 0.15) is 12.4 Å². The zero-order chi connectivity index (χ0) is 18.5. The van der Waals surface area contributed by atoms with Crippen molar-refractivity contribution in [3.63, 3.8) is 0 Å². The van der Waals surface area contributed by atoms with Crippen LogP contribution in [0.25, 0.3) is 0 Å². The monoisotopic (exact) mass is 513 g/mol. The first kappa shape index (κ1) is 19.6. The zero-order valence-corrected chi connectivity index (χ0v) is 18.3. The van der Waals surface area contributed by atoms with Gasteiger partial charge >= 0.3 is 0 Å². The second-order valence-electron chi connectivity index (χ2n) is 5.62. The molecule has 134 valence electrons. The van der Waals surface area contributed by atoms with Crippen molar-refractivity contribution in [1.29, 1.82) is 0 Å². The van der Waals surface area contributed by atoms with E-state index in [2.05, 4.69) is 37.2 Å². The number of anilines is 1. The number of hydrogen-bond acceptors (Lipinski definition) is 2. The summed E-state index contributed by atoms with van der Waals surface area (Å²) < 4.78 is 7.94. The van der Waals surface area contributed by atoms with Crippen LogP contribution in [0.4, 0.5) is 5.69 Å². The molecule has 0 aliphatic carbocycles. The Morgan fingerprint density at radius 2 is 1.65 bits per heavy atom. The fourth-order valence-electron chi connectivity index (χ4n) is 2.44. The maximum Gasteiger partial charge on any atom is 0.139 e. The molecule has 2 nitrogen and oxygen atoms in total. The van der Waals surface area contributed by atoms with Crippen molar-refractivity contribution in [3.05, 3.63) is 90.8 Å². The SMILES string of the molecule is Clc1ccc(COc2c(Br)cc(Br)cc2CNc2ccccc2Cl)cc1. The second-order valence-corrected chi connectivity index (χ2v) is 8.24. The highest BCUT2D eigenvalue weighted by atomic mass is 79.9. The number of ether oxygens (including phenoxy) is 1. The summed E-state index contributed by atoms with van der Waals surface area (Å²) in [6, 6.07) is 19.3. The summed E-state index contributed by atoms with van der Waals surface area (Å²) in [5.74, 6) is 0.794. The van der Waals surface area contributed by atoms with Crippen molar-refractivity contribution in [2.45, 2.75) is 13.2 Å². The van der Waals surface area contributed by atoms with E-state index in [0.717, 1.165) is 31.5 Å². The van der Waals surface area contributed by atoms with Gasteiger partial charge < -0.3 is 10.1 Å². The fraction of sp³-hybridized carbons (Fsp3) is 0.100. The standard InChI is InChI=1S/C20H15Br2Cl2NO/c21-15-9-14(11-25-19-4-2-1-3-18(19)24)20(17(22)10-15)26-12-13-5-7-16(23)8-6-13/h1-10,25H,11-12H2. The second kappa shape index (κ2) is 9.14. The van der Waals surface area contributed by atoms with E-state index < -0.39 is 0 Å². The molecule has 0 saturated heterocycles. The Morgan fingerprint density at radius 3 is 2.38 bits per heavy atom. The van der Waals surface area contributed by atoms with Crippen LogP contribution in [0.5, 0.6) is 5.75 Å². The molecule has 3 rings (SSSR count). The lowest BCUT2D eigenvalue weighted by molar-refractivity contribution is 0.301. The first-order chi connectivity index (χ1) is 12.5. The molecule has 0 radical (unpaired) electrons. The van der Waals surface area contributed by atoms with E-state index in [-0.39, 0.29) is 0 Å². The normalized spacial score (nSPS) is 10.6. The van der Waals surface area contributed by atoms with Gasteiger partial charge in [-0.25, -0.2) is 0 Å². The van der Waals surface area contributed by atoms with Gasteiger partial charge in [-0.2, -0.15) is 0 Å². The maximum absolute atomic E-state index is 6.22. The minimum Gasteiger partial charge on any atom is -0.487 e. The summed E-state index contributed by atoms with van der Waals surface area (Å²) in [4.78, 5) is 0. The first-order valence-electron chi connectivity index (χ1n) is 7.86. The molecule has 0 atom stereocenters. The molecule has 1 N–H and O–H groups in total. The van der Waals surface area contributed by atoms with E-state index in [9.17, 15) is 0 Å². The van der Waals surface area contributed by atoms with E-state index in [1.807, 2.05) is 60.7 Å². The molecule has 26 heavy (non-hydrogen) atoms. The predicted octanol–water partition coefficient (Wildman–Crippen LogP) is 7.71. The molecular weight excluding hydrogens is 501 g/mol. The van der Waals surface area contributed by atoms with Crippen LogP contribution in [0.3, 0.4) is 0 Å². The highest BCUT2D eigenvalue weighted by molar-refractivity contribution is 9.11. The molecule has 0 saturated carbocycles. The lowest BCUT2D eigenvalue weighted by Gasteiger charge is -2.16. The number of rotatable bonds is 6. The largest absolute Gasteiger partial charge is 0.487 e.